The number of hydrogen-bond acceptors (Lipinski definition) is 1. The van der Waals surface area contributed by atoms with Gasteiger partial charge in [0.15, 0.2) is 0 Å². The highest BCUT2D eigenvalue weighted by Gasteiger charge is 2.21. The first-order chi connectivity index (χ1) is 6.93. The smallest absolute Gasteiger partial charge is 0.145 e. The topological polar surface area (TPSA) is 17.1 Å². The highest BCUT2D eigenvalue weighted by atomic mass is 16.1. The Hall–Kier alpha value is -0.850. The molecule has 0 heterocycles. The van der Waals surface area contributed by atoms with Crippen molar-refractivity contribution in [1.82, 2.24) is 0 Å². The molecule has 0 saturated carbocycles. The fraction of sp³-hybridized carbons (Fsp3) is 0.643. The lowest BCUT2D eigenvalue weighted by Gasteiger charge is -2.28. The van der Waals surface area contributed by atoms with Crippen LogP contribution in [0.1, 0.15) is 47.0 Å². The molecular formula is C14H22O. The Morgan fingerprint density at radius 2 is 2.13 bits per heavy atom. The van der Waals surface area contributed by atoms with E-state index in [2.05, 4.69) is 32.9 Å². The van der Waals surface area contributed by atoms with Gasteiger partial charge < -0.3 is 0 Å². The molecule has 0 aromatic rings. The van der Waals surface area contributed by atoms with Crippen molar-refractivity contribution in [3.05, 3.63) is 23.3 Å². The maximum Gasteiger partial charge on any atom is 0.145 e. The summed E-state index contributed by atoms with van der Waals surface area (Å²) in [7, 11) is 0. The fourth-order valence-corrected chi connectivity index (χ4v) is 2.10. The normalized spacial score (nSPS) is 23.6. The Bertz CT molecular complexity index is 289. The van der Waals surface area contributed by atoms with Crippen molar-refractivity contribution >= 4 is 6.29 Å². The summed E-state index contributed by atoms with van der Waals surface area (Å²) in [6.45, 7) is 8.69. The zero-order valence-corrected chi connectivity index (χ0v) is 10.3. The SMILES string of the molecule is C/C(C=O)=C\C1CC=C(C(C)(C)C)CC1. The zero-order chi connectivity index (χ0) is 11.5. The Balaban J connectivity index is 2.62. The van der Waals surface area contributed by atoms with Crippen LogP contribution in [0.15, 0.2) is 23.3 Å². The van der Waals surface area contributed by atoms with E-state index in [9.17, 15) is 4.79 Å². The summed E-state index contributed by atoms with van der Waals surface area (Å²) in [5.41, 5.74) is 2.75. The van der Waals surface area contributed by atoms with Gasteiger partial charge in [-0.2, -0.15) is 0 Å². The van der Waals surface area contributed by atoms with E-state index in [0.29, 0.717) is 11.3 Å². The quantitative estimate of drug-likeness (QED) is 0.380. The largest absolute Gasteiger partial charge is 0.298 e. The predicted molar refractivity (Wildman–Crippen MR) is 64.7 cm³/mol. The van der Waals surface area contributed by atoms with Gasteiger partial charge in [-0.3, -0.25) is 4.79 Å². The van der Waals surface area contributed by atoms with Gasteiger partial charge in [-0.05, 0) is 43.1 Å². The maximum absolute atomic E-state index is 10.5. The molecule has 84 valence electrons. The van der Waals surface area contributed by atoms with E-state index in [1.165, 1.54) is 12.8 Å². The number of carbonyl (C=O) groups excluding carboxylic acids is 1. The third-order valence-electron chi connectivity index (χ3n) is 3.10. The van der Waals surface area contributed by atoms with Crippen molar-refractivity contribution in [1.29, 1.82) is 0 Å². The molecule has 1 atom stereocenters. The van der Waals surface area contributed by atoms with Crippen molar-refractivity contribution in [2.24, 2.45) is 11.3 Å². The van der Waals surface area contributed by atoms with E-state index in [1.807, 2.05) is 6.92 Å². The highest BCUT2D eigenvalue weighted by molar-refractivity contribution is 5.72. The first-order valence-electron chi connectivity index (χ1n) is 5.76. The number of aldehydes is 1. The molecule has 1 aliphatic rings. The predicted octanol–water partition coefficient (Wildman–Crippen LogP) is 3.90. The summed E-state index contributed by atoms with van der Waals surface area (Å²) >= 11 is 0. The molecule has 0 N–H and O–H groups in total. The third-order valence-corrected chi connectivity index (χ3v) is 3.10. The van der Waals surface area contributed by atoms with Gasteiger partial charge in [0.05, 0.1) is 0 Å². The second kappa shape index (κ2) is 4.78. The summed E-state index contributed by atoms with van der Waals surface area (Å²) in [5, 5.41) is 0. The molecule has 1 rings (SSSR count). The molecule has 1 unspecified atom stereocenters. The Morgan fingerprint density at radius 3 is 2.53 bits per heavy atom. The average Bonchev–Trinajstić information content (AvgIpc) is 2.17. The Kier molecular flexibility index (Phi) is 3.90. The summed E-state index contributed by atoms with van der Waals surface area (Å²) < 4.78 is 0. The lowest BCUT2D eigenvalue weighted by atomic mass is 9.77. The van der Waals surface area contributed by atoms with Crippen LogP contribution < -0.4 is 0 Å². The number of allylic oxidation sites excluding steroid dienone is 4. The van der Waals surface area contributed by atoms with Gasteiger partial charge in [0, 0.05) is 0 Å². The molecule has 15 heavy (non-hydrogen) atoms. The number of rotatable bonds is 2. The molecule has 0 saturated heterocycles. The summed E-state index contributed by atoms with van der Waals surface area (Å²) in [5.74, 6) is 0.571. The molecule has 1 heteroatoms. The molecular weight excluding hydrogens is 184 g/mol. The minimum Gasteiger partial charge on any atom is -0.298 e. The zero-order valence-electron chi connectivity index (χ0n) is 10.3. The van der Waals surface area contributed by atoms with Crippen molar-refractivity contribution in [2.75, 3.05) is 0 Å². The summed E-state index contributed by atoms with van der Waals surface area (Å²) in [6, 6.07) is 0. The average molecular weight is 206 g/mol. The van der Waals surface area contributed by atoms with Gasteiger partial charge in [-0.1, -0.05) is 38.5 Å². The molecule has 0 spiro atoms. The molecule has 0 radical (unpaired) electrons. The molecule has 0 aromatic carbocycles. The van der Waals surface area contributed by atoms with Crippen LogP contribution in [0.4, 0.5) is 0 Å². The first-order valence-corrected chi connectivity index (χ1v) is 5.76. The second-order valence-electron chi connectivity index (χ2n) is 5.54. The highest BCUT2D eigenvalue weighted by Crippen LogP contribution is 2.35. The lowest BCUT2D eigenvalue weighted by molar-refractivity contribution is -0.104. The van der Waals surface area contributed by atoms with E-state index in [4.69, 9.17) is 0 Å². The van der Waals surface area contributed by atoms with Crippen molar-refractivity contribution in [2.45, 2.75) is 47.0 Å². The van der Waals surface area contributed by atoms with E-state index in [1.54, 1.807) is 5.57 Å². The van der Waals surface area contributed by atoms with Crippen LogP contribution in [0.5, 0.6) is 0 Å². The van der Waals surface area contributed by atoms with E-state index >= 15 is 0 Å². The van der Waals surface area contributed by atoms with Gasteiger partial charge >= 0.3 is 0 Å². The molecule has 0 amide bonds. The van der Waals surface area contributed by atoms with Gasteiger partial charge in [-0.25, -0.2) is 0 Å². The van der Waals surface area contributed by atoms with Crippen molar-refractivity contribution < 1.29 is 4.79 Å². The van der Waals surface area contributed by atoms with Gasteiger partial charge in [0.25, 0.3) is 0 Å². The van der Waals surface area contributed by atoms with Crippen LogP contribution in [0.2, 0.25) is 0 Å². The fourth-order valence-electron chi connectivity index (χ4n) is 2.10. The minimum atomic E-state index is 0.314. The molecule has 0 fully saturated rings. The van der Waals surface area contributed by atoms with E-state index < -0.39 is 0 Å². The third kappa shape index (κ3) is 3.65. The monoisotopic (exact) mass is 206 g/mol. The van der Waals surface area contributed by atoms with E-state index in [-0.39, 0.29) is 0 Å². The van der Waals surface area contributed by atoms with Crippen LogP contribution >= 0.6 is 0 Å². The van der Waals surface area contributed by atoms with Crippen LogP contribution in [0, 0.1) is 11.3 Å². The molecule has 0 aromatic heterocycles. The first kappa shape index (κ1) is 12.2. The lowest BCUT2D eigenvalue weighted by Crippen LogP contribution is -2.14. The number of hydrogen-bond donors (Lipinski definition) is 0. The summed E-state index contributed by atoms with van der Waals surface area (Å²) in [6.07, 6.45) is 8.89. The van der Waals surface area contributed by atoms with E-state index in [0.717, 1.165) is 18.3 Å². The maximum atomic E-state index is 10.5. The minimum absolute atomic E-state index is 0.314. The Labute approximate surface area is 93.3 Å². The van der Waals surface area contributed by atoms with Gasteiger partial charge in [0.2, 0.25) is 0 Å². The van der Waals surface area contributed by atoms with Gasteiger partial charge in [0.1, 0.15) is 6.29 Å². The molecule has 1 aliphatic carbocycles. The second-order valence-corrected chi connectivity index (χ2v) is 5.54. The van der Waals surface area contributed by atoms with Crippen LogP contribution in [0.25, 0.3) is 0 Å². The van der Waals surface area contributed by atoms with Crippen molar-refractivity contribution in [3.63, 3.8) is 0 Å². The van der Waals surface area contributed by atoms with Crippen LogP contribution in [-0.4, -0.2) is 6.29 Å². The van der Waals surface area contributed by atoms with Crippen molar-refractivity contribution in [3.8, 4) is 0 Å². The molecule has 0 bridgehead atoms. The van der Waals surface area contributed by atoms with Crippen LogP contribution in [0.3, 0.4) is 0 Å². The summed E-state index contributed by atoms with van der Waals surface area (Å²) in [4.78, 5) is 10.5. The Morgan fingerprint density at radius 1 is 1.47 bits per heavy atom. The molecule has 0 aliphatic heterocycles. The standard InChI is InChI=1S/C14H22O/c1-11(10-15)9-12-5-7-13(8-6-12)14(2,3)4/h7,9-10,12H,5-6,8H2,1-4H3/b11-9+. The van der Waals surface area contributed by atoms with Gasteiger partial charge in [-0.15, -0.1) is 0 Å². The van der Waals surface area contributed by atoms with Crippen LogP contribution in [-0.2, 0) is 4.79 Å². The number of carbonyl (C=O) groups is 1. The molecule has 1 nitrogen and oxygen atoms in total.